The zero-order valence-corrected chi connectivity index (χ0v) is 15.1. The van der Waals surface area contributed by atoms with E-state index in [2.05, 4.69) is 86.0 Å². The monoisotopic (exact) mass is 453 g/mol. The van der Waals surface area contributed by atoms with Crippen molar-refractivity contribution < 1.29 is 0 Å². The van der Waals surface area contributed by atoms with E-state index < -0.39 is 0 Å². The molecule has 0 saturated heterocycles. The maximum atomic E-state index is 6.09. The van der Waals surface area contributed by atoms with Gasteiger partial charge in [0.15, 0.2) is 5.82 Å². The molecule has 0 amide bonds. The predicted molar refractivity (Wildman–Crippen MR) is 99.0 cm³/mol. The van der Waals surface area contributed by atoms with Crippen LogP contribution in [-0.2, 0) is 0 Å². The van der Waals surface area contributed by atoms with E-state index >= 15 is 0 Å². The second-order valence-electron chi connectivity index (χ2n) is 4.85. The van der Waals surface area contributed by atoms with Crippen molar-refractivity contribution in [1.29, 1.82) is 0 Å². The molecule has 0 aliphatic heterocycles. The lowest BCUT2D eigenvalue weighted by Crippen LogP contribution is -1.90. The van der Waals surface area contributed by atoms with Crippen LogP contribution in [0.1, 0.15) is 5.56 Å². The van der Waals surface area contributed by atoms with Gasteiger partial charge in [-0.25, -0.2) is 0 Å². The Labute approximate surface area is 145 Å². The lowest BCUT2D eigenvalue weighted by molar-refractivity contribution is 1.10. The minimum Gasteiger partial charge on any atom is -0.382 e. The number of nitrogens with one attached hydrogen (secondary N) is 1. The molecule has 0 aliphatic rings. The van der Waals surface area contributed by atoms with Crippen LogP contribution in [0.25, 0.3) is 22.4 Å². The predicted octanol–water partition coefficient (Wildman–Crippen LogP) is 5.00. The summed E-state index contributed by atoms with van der Waals surface area (Å²) < 4.78 is 2.18. The zero-order chi connectivity index (χ0) is 15.0. The Morgan fingerprint density at radius 2 is 2.00 bits per heavy atom. The number of nitrogens with two attached hydrogens (primary N) is 1. The van der Waals surface area contributed by atoms with Gasteiger partial charge in [0.05, 0.1) is 11.3 Å². The molecule has 0 atom stereocenters. The number of benzene rings is 2. The van der Waals surface area contributed by atoms with E-state index in [4.69, 9.17) is 5.73 Å². The number of hydrogen-bond acceptors (Lipinski definition) is 2. The summed E-state index contributed by atoms with van der Waals surface area (Å²) in [5.74, 6) is 0.520. The van der Waals surface area contributed by atoms with Gasteiger partial charge in [-0.15, -0.1) is 0 Å². The Kier molecular flexibility index (Phi) is 4.03. The van der Waals surface area contributed by atoms with Crippen LogP contribution in [0.2, 0.25) is 0 Å². The maximum Gasteiger partial charge on any atom is 0.153 e. The molecular weight excluding hydrogens is 441 g/mol. The second-order valence-corrected chi connectivity index (χ2v) is 6.93. The van der Waals surface area contributed by atoms with Crippen LogP contribution in [0, 0.1) is 10.5 Å². The van der Waals surface area contributed by atoms with Gasteiger partial charge in [-0.3, -0.25) is 5.10 Å². The van der Waals surface area contributed by atoms with Gasteiger partial charge in [0.1, 0.15) is 0 Å². The highest BCUT2D eigenvalue weighted by Gasteiger charge is 2.17. The molecule has 0 spiro atoms. The number of anilines is 1. The van der Waals surface area contributed by atoms with E-state index in [0.29, 0.717) is 5.82 Å². The molecule has 3 nitrogen and oxygen atoms in total. The van der Waals surface area contributed by atoms with Gasteiger partial charge in [0.2, 0.25) is 0 Å². The van der Waals surface area contributed by atoms with E-state index in [1.807, 2.05) is 12.1 Å². The van der Waals surface area contributed by atoms with Crippen LogP contribution in [0.15, 0.2) is 46.9 Å². The highest BCUT2D eigenvalue weighted by molar-refractivity contribution is 14.1. The fourth-order valence-electron chi connectivity index (χ4n) is 2.33. The normalized spacial score (nSPS) is 10.8. The van der Waals surface area contributed by atoms with Crippen molar-refractivity contribution in [3.63, 3.8) is 0 Å². The Bertz CT molecular complexity index is 811. The summed E-state index contributed by atoms with van der Waals surface area (Å²) in [6.07, 6.45) is 0. The van der Waals surface area contributed by atoms with Crippen molar-refractivity contribution >= 4 is 44.3 Å². The van der Waals surface area contributed by atoms with Gasteiger partial charge < -0.3 is 5.73 Å². The number of nitrogens with zero attached hydrogens (tertiary/aromatic N) is 1. The summed E-state index contributed by atoms with van der Waals surface area (Å²) in [6, 6.07) is 14.5. The number of aryl methyl sites for hydroxylation is 1. The number of nitrogen functional groups attached to an aromatic ring is 1. The van der Waals surface area contributed by atoms with Crippen molar-refractivity contribution in [3.05, 3.63) is 56.1 Å². The van der Waals surface area contributed by atoms with Gasteiger partial charge in [0, 0.05) is 13.6 Å². The second kappa shape index (κ2) is 5.81. The number of aromatic amines is 1. The molecule has 0 radical (unpaired) electrons. The van der Waals surface area contributed by atoms with E-state index in [1.165, 1.54) is 5.56 Å². The Morgan fingerprint density at radius 3 is 2.76 bits per heavy atom. The molecule has 21 heavy (non-hydrogen) atoms. The van der Waals surface area contributed by atoms with Crippen molar-refractivity contribution in [2.45, 2.75) is 6.92 Å². The summed E-state index contributed by atoms with van der Waals surface area (Å²) in [5, 5.41) is 7.28. The third-order valence-electron chi connectivity index (χ3n) is 3.30. The average Bonchev–Trinajstić information content (AvgIpc) is 2.83. The van der Waals surface area contributed by atoms with Gasteiger partial charge in [-0.05, 0) is 53.3 Å². The van der Waals surface area contributed by atoms with Crippen LogP contribution >= 0.6 is 38.5 Å². The van der Waals surface area contributed by atoms with Gasteiger partial charge in [-0.1, -0.05) is 45.8 Å². The van der Waals surface area contributed by atoms with E-state index in [1.54, 1.807) is 0 Å². The number of rotatable bonds is 2. The third kappa shape index (κ3) is 2.85. The Morgan fingerprint density at radius 1 is 1.19 bits per heavy atom. The highest BCUT2D eigenvalue weighted by atomic mass is 127. The summed E-state index contributed by atoms with van der Waals surface area (Å²) in [5.41, 5.74) is 11.4. The van der Waals surface area contributed by atoms with Crippen LogP contribution < -0.4 is 5.73 Å². The van der Waals surface area contributed by atoms with Crippen LogP contribution in [-0.4, -0.2) is 10.2 Å². The topological polar surface area (TPSA) is 54.7 Å². The van der Waals surface area contributed by atoms with Gasteiger partial charge >= 0.3 is 0 Å². The molecule has 0 saturated carbocycles. The molecule has 0 fully saturated rings. The quantitative estimate of drug-likeness (QED) is 0.536. The van der Waals surface area contributed by atoms with Gasteiger partial charge in [-0.2, -0.15) is 5.10 Å². The molecule has 3 N–H and O–H groups in total. The smallest absolute Gasteiger partial charge is 0.153 e. The Balaban J connectivity index is 2.24. The van der Waals surface area contributed by atoms with Crippen molar-refractivity contribution in [2.75, 3.05) is 5.73 Å². The third-order valence-corrected chi connectivity index (χ3v) is 4.73. The molecule has 2 aromatic carbocycles. The maximum absolute atomic E-state index is 6.09. The summed E-state index contributed by atoms with van der Waals surface area (Å²) in [4.78, 5) is 0. The molecule has 3 rings (SSSR count). The minimum atomic E-state index is 0.520. The summed E-state index contributed by atoms with van der Waals surface area (Å²) in [7, 11) is 0. The molecule has 1 aromatic heterocycles. The highest BCUT2D eigenvalue weighted by Crippen LogP contribution is 2.37. The number of H-pyrrole nitrogens is 1. The lowest BCUT2D eigenvalue weighted by atomic mass is 9.99. The largest absolute Gasteiger partial charge is 0.382 e. The minimum absolute atomic E-state index is 0.520. The average molecular weight is 454 g/mol. The summed E-state index contributed by atoms with van der Waals surface area (Å²) >= 11 is 5.85. The summed E-state index contributed by atoms with van der Waals surface area (Å²) in [6.45, 7) is 2.07. The number of hydrogen-bond donors (Lipinski definition) is 2. The van der Waals surface area contributed by atoms with Crippen LogP contribution in [0.5, 0.6) is 0 Å². The first-order valence-corrected chi connectivity index (χ1v) is 8.30. The molecule has 0 unspecified atom stereocenters. The van der Waals surface area contributed by atoms with E-state index in [0.717, 1.165) is 30.4 Å². The van der Waals surface area contributed by atoms with E-state index in [9.17, 15) is 0 Å². The number of aromatic nitrogens is 2. The molecule has 0 bridgehead atoms. The van der Waals surface area contributed by atoms with E-state index in [-0.39, 0.29) is 0 Å². The number of halogens is 2. The molecule has 0 aliphatic carbocycles. The molecule has 106 valence electrons. The SMILES string of the molecule is Cc1cccc(-c2c(N)n[nH]c2-c2cc(Br)ccc2I)c1. The fraction of sp³-hybridized carbons (Fsp3) is 0.0625. The van der Waals surface area contributed by atoms with Gasteiger partial charge in [0.25, 0.3) is 0 Å². The van der Waals surface area contributed by atoms with Crippen LogP contribution in [0.4, 0.5) is 5.82 Å². The first-order chi connectivity index (χ1) is 10.1. The molecular formula is C16H13BrIN3. The fourth-order valence-corrected chi connectivity index (χ4v) is 3.30. The van der Waals surface area contributed by atoms with Crippen molar-refractivity contribution in [2.24, 2.45) is 0 Å². The zero-order valence-electron chi connectivity index (χ0n) is 11.3. The molecule has 3 aromatic rings. The first kappa shape index (κ1) is 14.6. The molecule has 1 heterocycles. The van der Waals surface area contributed by atoms with Crippen molar-refractivity contribution in [3.8, 4) is 22.4 Å². The molecule has 5 heteroatoms. The standard InChI is InChI=1S/C16H13BrIN3/c1-9-3-2-4-10(7-9)14-15(20-21-16(14)19)12-8-11(17)5-6-13(12)18/h2-8H,1H3,(H3,19,20,21). The lowest BCUT2D eigenvalue weighted by Gasteiger charge is -2.08. The van der Waals surface area contributed by atoms with Crippen LogP contribution in [0.3, 0.4) is 0 Å². The Hall–Kier alpha value is -1.34. The van der Waals surface area contributed by atoms with Crippen molar-refractivity contribution in [1.82, 2.24) is 10.2 Å². The first-order valence-electron chi connectivity index (χ1n) is 6.42.